The number of carbonyl (C=O) groups excluding carboxylic acids is 6. The summed E-state index contributed by atoms with van der Waals surface area (Å²) in [6.07, 6.45) is 6.35. The molecule has 19 nitrogen and oxygen atoms in total. The summed E-state index contributed by atoms with van der Waals surface area (Å²) in [6.45, 7) is 5.88. The van der Waals surface area contributed by atoms with E-state index in [1.165, 1.54) is 11.9 Å². The van der Waals surface area contributed by atoms with Gasteiger partial charge in [0.2, 0.25) is 17.7 Å². The van der Waals surface area contributed by atoms with Gasteiger partial charge in [0.05, 0.1) is 77.2 Å². The Bertz CT molecular complexity index is 2600. The Kier molecular flexibility index (Phi) is 21.4. The van der Waals surface area contributed by atoms with Gasteiger partial charge in [-0.05, 0) is 99.1 Å². The van der Waals surface area contributed by atoms with Crippen molar-refractivity contribution in [2.24, 2.45) is 0 Å². The van der Waals surface area contributed by atoms with Gasteiger partial charge in [-0.2, -0.15) is 0 Å². The molecule has 1 atom stereocenters. The summed E-state index contributed by atoms with van der Waals surface area (Å²) in [6, 6.07) is 16.9. The van der Waals surface area contributed by atoms with Gasteiger partial charge in [-0.3, -0.25) is 39.0 Å². The molecule has 3 aromatic carbocycles. The van der Waals surface area contributed by atoms with Crippen LogP contribution in [-0.2, 0) is 44.5 Å². The van der Waals surface area contributed by atoms with E-state index < -0.39 is 29.7 Å². The van der Waals surface area contributed by atoms with Gasteiger partial charge in [0.15, 0.2) is 0 Å². The number of imide groups is 2. The predicted molar refractivity (Wildman–Crippen MR) is 276 cm³/mol. The van der Waals surface area contributed by atoms with E-state index in [0.29, 0.717) is 125 Å². The third-order valence-electron chi connectivity index (χ3n) is 12.4. The van der Waals surface area contributed by atoms with Gasteiger partial charge in [-0.15, -0.1) is 0 Å². The lowest BCUT2D eigenvalue weighted by molar-refractivity contribution is -0.136. The van der Waals surface area contributed by atoms with E-state index in [4.69, 9.17) is 29.4 Å². The van der Waals surface area contributed by atoms with E-state index in [-0.39, 0.29) is 48.7 Å². The van der Waals surface area contributed by atoms with Crippen LogP contribution in [0.25, 0.3) is 22.3 Å². The Hall–Kier alpha value is -6.17. The van der Waals surface area contributed by atoms with Crippen LogP contribution in [0.5, 0.6) is 0 Å². The summed E-state index contributed by atoms with van der Waals surface area (Å²) in [4.78, 5) is 80.3. The summed E-state index contributed by atoms with van der Waals surface area (Å²) >= 11 is 1.52. The third-order valence-corrected chi connectivity index (χ3v) is 13.6. The fourth-order valence-corrected chi connectivity index (χ4v) is 9.56. The zero-order valence-corrected chi connectivity index (χ0v) is 42.4. The normalized spacial score (nSPS) is 15.4. The van der Waals surface area contributed by atoms with Crippen molar-refractivity contribution < 1.29 is 56.8 Å². The number of rotatable bonds is 33. The van der Waals surface area contributed by atoms with Crippen LogP contribution in [-0.4, -0.2) is 161 Å². The minimum Gasteiger partial charge on any atom is -0.383 e. The molecule has 1 aliphatic carbocycles. The van der Waals surface area contributed by atoms with Crippen LogP contribution in [0.4, 0.5) is 15.9 Å². The highest BCUT2D eigenvalue weighted by molar-refractivity contribution is 7.97. The molecule has 1 aromatic heterocycles. The molecule has 74 heavy (non-hydrogen) atoms. The maximum Gasteiger partial charge on any atom is 0.264 e. The van der Waals surface area contributed by atoms with Gasteiger partial charge in [0.25, 0.3) is 11.8 Å². The first-order chi connectivity index (χ1) is 36.1. The Morgan fingerprint density at radius 2 is 1.54 bits per heavy atom. The Balaban J connectivity index is 0.677. The molecule has 3 aliphatic rings. The number of amides is 5. The minimum atomic E-state index is -1.03. The first kappa shape index (κ1) is 55.6. The zero-order valence-electron chi connectivity index (χ0n) is 41.6. The summed E-state index contributed by atoms with van der Waals surface area (Å²) in [5, 5.41) is 11.4. The van der Waals surface area contributed by atoms with Crippen LogP contribution in [0.2, 0.25) is 0 Å². The molecule has 396 valence electrons. The minimum absolute atomic E-state index is 0.0526. The number of hydrogen-bond donors (Lipinski definition) is 5. The zero-order chi connectivity index (χ0) is 52.2. The molecule has 1 saturated carbocycles. The van der Waals surface area contributed by atoms with Crippen molar-refractivity contribution in [3.63, 3.8) is 0 Å². The third kappa shape index (κ3) is 15.7. The number of nitrogens with zero attached hydrogens (tertiary/aromatic N) is 3. The molecule has 0 bridgehead atoms. The average Bonchev–Trinajstić information content (AvgIpc) is 4.21. The summed E-state index contributed by atoms with van der Waals surface area (Å²) in [5.74, 6) is -2.36. The number of hydrogen-bond acceptors (Lipinski definition) is 17. The highest BCUT2D eigenvalue weighted by Crippen LogP contribution is 2.38. The molecule has 7 rings (SSSR count). The maximum absolute atomic E-state index is 15.7. The lowest BCUT2D eigenvalue weighted by Crippen LogP contribution is -2.54. The number of ether oxygens (including phenoxy) is 5. The summed E-state index contributed by atoms with van der Waals surface area (Å²) in [5.41, 5.74) is 11.1. The largest absolute Gasteiger partial charge is 0.383 e. The lowest BCUT2D eigenvalue weighted by Gasteiger charge is -2.27. The molecule has 1 unspecified atom stereocenters. The number of likely N-dealkylation sites (N-methyl/N-ethyl adjacent to an activating group) is 1. The Morgan fingerprint density at radius 1 is 0.824 bits per heavy atom. The molecule has 4 aromatic rings. The van der Waals surface area contributed by atoms with Crippen molar-refractivity contribution in [1.82, 2.24) is 30.1 Å². The molecule has 1 saturated heterocycles. The van der Waals surface area contributed by atoms with E-state index in [1.807, 2.05) is 31.3 Å². The van der Waals surface area contributed by atoms with Crippen LogP contribution in [0, 0.1) is 5.82 Å². The van der Waals surface area contributed by atoms with Crippen molar-refractivity contribution in [2.45, 2.75) is 61.9 Å². The van der Waals surface area contributed by atoms with Crippen molar-refractivity contribution in [2.75, 3.05) is 110 Å². The maximum atomic E-state index is 15.7. The molecule has 0 spiro atoms. The molecule has 5 amide bonds. The van der Waals surface area contributed by atoms with Gasteiger partial charge >= 0.3 is 0 Å². The number of piperidine rings is 1. The number of aromatic nitrogens is 1. The van der Waals surface area contributed by atoms with Gasteiger partial charge in [-0.1, -0.05) is 30.3 Å². The molecule has 0 radical (unpaired) electrons. The van der Waals surface area contributed by atoms with E-state index in [9.17, 15) is 28.8 Å². The number of nitrogens with two attached hydrogens (primary N) is 1. The van der Waals surface area contributed by atoms with Crippen LogP contribution >= 0.6 is 11.9 Å². The number of nitrogens with one attached hydrogen (secondary N) is 4. The molecule has 2 fully saturated rings. The number of anilines is 2. The highest BCUT2D eigenvalue weighted by Gasteiger charge is 2.45. The highest BCUT2D eigenvalue weighted by atomic mass is 32.2. The van der Waals surface area contributed by atoms with Gasteiger partial charge in [0, 0.05) is 77.6 Å². The Morgan fingerprint density at radius 3 is 2.22 bits per heavy atom. The van der Waals surface area contributed by atoms with Crippen LogP contribution < -0.4 is 27.0 Å². The number of fused-ring (bicyclic) bond motifs is 1. The first-order valence-corrected chi connectivity index (χ1v) is 25.8. The average molecular weight is 1040 g/mol. The topological polar surface area (TPSA) is 242 Å². The van der Waals surface area contributed by atoms with Gasteiger partial charge in [0.1, 0.15) is 24.0 Å². The number of halogens is 1. The number of carbonyl (C=O) groups is 6. The lowest BCUT2D eigenvalue weighted by atomic mass is 9.96. The Labute approximate surface area is 434 Å². The van der Waals surface area contributed by atoms with Crippen LogP contribution in [0.1, 0.15) is 75.2 Å². The standard InChI is InChI=1S/C53H65FN8O11S/c1-56-17-14-35-30-36(6-7-37(35)34-63)43-31-38(33-59-50(43)55)41-11-10-40(32-44(41)54)74-61(39-8-9-39)19-3-16-58-47(64)15-20-69-22-24-71-26-28-73-29-27-72-25-23-70-21-18-57-45-5-2-4-42-49(45)53(68)62(52(42)67)46-12-13-48(65)60-51(46)66/h2,4-7,10-11,30-34,39,46,56-57H,3,8-9,12-29H2,1H3,(H2,55,59)(H,58,64)(H,60,65,66). The molecule has 3 heterocycles. The van der Waals surface area contributed by atoms with Crippen LogP contribution in [0.3, 0.4) is 0 Å². The van der Waals surface area contributed by atoms with Crippen LogP contribution in [0.15, 0.2) is 71.8 Å². The quantitative estimate of drug-likeness (QED) is 0.0188. The van der Waals surface area contributed by atoms with E-state index in [1.54, 1.807) is 42.6 Å². The summed E-state index contributed by atoms with van der Waals surface area (Å²) < 4.78 is 45.8. The number of benzene rings is 3. The molecule has 6 N–H and O–H groups in total. The second-order valence-corrected chi connectivity index (χ2v) is 18.9. The number of pyridine rings is 1. The number of aldehydes is 1. The van der Waals surface area contributed by atoms with E-state index in [0.717, 1.165) is 53.0 Å². The fraction of sp³-hybridized carbons (Fsp3) is 0.453. The van der Waals surface area contributed by atoms with Gasteiger partial charge in [-0.25, -0.2) is 13.7 Å². The monoisotopic (exact) mass is 1040 g/mol. The molecule has 2 aliphatic heterocycles. The molecular formula is C53H65FN8O11S. The predicted octanol–water partition coefficient (Wildman–Crippen LogP) is 4.68. The van der Waals surface area contributed by atoms with Crippen molar-refractivity contribution in [3.05, 3.63) is 94.9 Å². The second kappa shape index (κ2) is 28.5. The van der Waals surface area contributed by atoms with Crippen molar-refractivity contribution in [1.29, 1.82) is 0 Å². The molecular weight excluding hydrogens is 976 g/mol. The summed E-state index contributed by atoms with van der Waals surface area (Å²) in [7, 11) is 1.86. The first-order valence-electron chi connectivity index (χ1n) is 25.0. The second-order valence-electron chi connectivity index (χ2n) is 17.8. The smallest absolute Gasteiger partial charge is 0.264 e. The van der Waals surface area contributed by atoms with Crippen molar-refractivity contribution >= 4 is 59.3 Å². The van der Waals surface area contributed by atoms with E-state index in [2.05, 4.69) is 30.6 Å². The van der Waals surface area contributed by atoms with Gasteiger partial charge < -0.3 is 45.4 Å². The molecule has 21 heteroatoms. The fourth-order valence-electron chi connectivity index (χ4n) is 8.42. The van der Waals surface area contributed by atoms with E-state index >= 15 is 4.39 Å². The number of nitrogen functional groups attached to an aromatic ring is 1. The van der Waals surface area contributed by atoms with Crippen molar-refractivity contribution in [3.8, 4) is 22.3 Å². The SMILES string of the molecule is CNCCc1cc(-c2cc(-c3ccc(SN(CCCNC(=O)CCOCCOCCOCCOCCOCCNc4cccc5c4C(=O)N(C4CCC(=O)NC4=O)C5=O)C4CC4)cc3F)cnc2N)ccc1C=O.